The highest BCUT2D eigenvalue weighted by atomic mass is 35.5. The van der Waals surface area contributed by atoms with Crippen LogP contribution in [0.4, 0.5) is 0 Å². The lowest BCUT2D eigenvalue weighted by atomic mass is 10.1. The standard InChI is InChI=1S/C25H23ClN6O/c1-17(2)9-18-3-6-25-29-21(14-31(25)12-18)15-32-13-19(11-28-32)24(33)5-4-22-23-10-20(26)7-8-30(23)16-27-22/h3,6-14,16H,4-5,15H2,1-2H3. The van der Waals surface area contributed by atoms with Gasteiger partial charge >= 0.3 is 0 Å². The molecule has 0 aromatic carbocycles. The first kappa shape index (κ1) is 21.2. The number of hydrogen-bond acceptors (Lipinski definition) is 4. The van der Waals surface area contributed by atoms with Gasteiger partial charge in [0.15, 0.2) is 5.78 Å². The van der Waals surface area contributed by atoms with Crippen LogP contribution in [0.25, 0.3) is 17.2 Å². The number of nitrogens with zero attached hydrogens (tertiary/aromatic N) is 6. The zero-order valence-electron chi connectivity index (χ0n) is 18.4. The Labute approximate surface area is 196 Å². The van der Waals surface area contributed by atoms with Gasteiger partial charge in [0.05, 0.1) is 41.5 Å². The summed E-state index contributed by atoms with van der Waals surface area (Å²) in [5.74, 6) is 0.0331. The molecule has 0 aliphatic carbocycles. The van der Waals surface area contributed by atoms with E-state index in [2.05, 4.69) is 47.3 Å². The number of aromatic nitrogens is 6. The highest BCUT2D eigenvalue weighted by molar-refractivity contribution is 6.30. The largest absolute Gasteiger partial charge is 0.306 e. The van der Waals surface area contributed by atoms with Crippen molar-refractivity contribution in [2.24, 2.45) is 0 Å². The normalized spacial score (nSPS) is 11.4. The van der Waals surface area contributed by atoms with Gasteiger partial charge in [0.25, 0.3) is 0 Å². The molecule has 5 heterocycles. The summed E-state index contributed by atoms with van der Waals surface area (Å²) in [6, 6.07) is 7.73. The van der Waals surface area contributed by atoms with Crippen molar-refractivity contribution < 1.29 is 4.79 Å². The lowest BCUT2D eigenvalue weighted by Gasteiger charge is -1.99. The molecule has 33 heavy (non-hydrogen) atoms. The van der Waals surface area contributed by atoms with Crippen LogP contribution in [0.15, 0.2) is 67.2 Å². The first-order valence-electron chi connectivity index (χ1n) is 10.7. The van der Waals surface area contributed by atoms with Gasteiger partial charge < -0.3 is 8.80 Å². The van der Waals surface area contributed by atoms with Crippen LogP contribution in [0.1, 0.15) is 47.6 Å². The number of hydrogen-bond donors (Lipinski definition) is 0. The van der Waals surface area contributed by atoms with Crippen molar-refractivity contribution >= 4 is 34.6 Å². The van der Waals surface area contributed by atoms with Gasteiger partial charge in [-0.05, 0) is 50.1 Å². The molecule has 0 radical (unpaired) electrons. The van der Waals surface area contributed by atoms with E-state index >= 15 is 0 Å². The molecule has 0 amide bonds. The molecule has 0 spiro atoms. The molecule has 5 aromatic rings. The first-order chi connectivity index (χ1) is 15.9. The van der Waals surface area contributed by atoms with E-state index in [4.69, 9.17) is 11.6 Å². The third-order valence-corrected chi connectivity index (χ3v) is 5.66. The molecule has 0 saturated heterocycles. The first-order valence-corrected chi connectivity index (χ1v) is 11.1. The number of imidazole rings is 2. The number of carbonyl (C=O) groups excluding carboxylic acids is 1. The summed E-state index contributed by atoms with van der Waals surface area (Å²) < 4.78 is 5.67. The minimum absolute atomic E-state index is 0.0331. The minimum Gasteiger partial charge on any atom is -0.306 e. The molecule has 5 rings (SSSR count). The molecule has 0 saturated carbocycles. The van der Waals surface area contributed by atoms with Crippen molar-refractivity contribution in [2.75, 3.05) is 0 Å². The maximum Gasteiger partial charge on any atom is 0.166 e. The fourth-order valence-electron chi connectivity index (χ4n) is 3.90. The Balaban J connectivity index is 1.26. The Morgan fingerprint density at radius 2 is 2.00 bits per heavy atom. The predicted molar refractivity (Wildman–Crippen MR) is 129 cm³/mol. The molecule has 0 bridgehead atoms. The maximum atomic E-state index is 12.7. The van der Waals surface area contributed by atoms with Gasteiger partial charge in [-0.15, -0.1) is 0 Å². The molecule has 166 valence electrons. The number of carbonyl (C=O) groups is 1. The second-order valence-corrected chi connectivity index (χ2v) is 8.80. The number of ketones is 1. The van der Waals surface area contributed by atoms with Crippen LogP contribution in [0.5, 0.6) is 0 Å². The SMILES string of the molecule is CC(C)=Cc1ccc2nc(Cn3cc(C(=O)CCc4ncn5ccc(Cl)cc45)cn3)cn2c1. The number of allylic oxidation sites excluding steroid dienone is 1. The van der Waals surface area contributed by atoms with E-state index in [0.29, 0.717) is 30.0 Å². The van der Waals surface area contributed by atoms with E-state index in [1.165, 1.54) is 5.57 Å². The van der Waals surface area contributed by atoms with Crippen molar-refractivity contribution in [2.45, 2.75) is 33.2 Å². The topological polar surface area (TPSA) is 69.5 Å². The average Bonchev–Trinajstić information content (AvgIpc) is 3.49. The van der Waals surface area contributed by atoms with Gasteiger partial charge in [0.2, 0.25) is 0 Å². The molecule has 0 fully saturated rings. The number of rotatable bonds is 7. The smallest absolute Gasteiger partial charge is 0.166 e. The number of fused-ring (bicyclic) bond motifs is 2. The van der Waals surface area contributed by atoms with E-state index in [9.17, 15) is 4.79 Å². The maximum absolute atomic E-state index is 12.7. The average molecular weight is 459 g/mol. The lowest BCUT2D eigenvalue weighted by Crippen LogP contribution is -2.02. The van der Waals surface area contributed by atoms with Gasteiger partial charge in [0.1, 0.15) is 5.65 Å². The van der Waals surface area contributed by atoms with Crippen molar-refractivity contribution in [1.29, 1.82) is 0 Å². The van der Waals surface area contributed by atoms with Crippen molar-refractivity contribution in [1.82, 2.24) is 28.5 Å². The summed E-state index contributed by atoms with van der Waals surface area (Å²) in [5.41, 5.74) is 6.51. The lowest BCUT2D eigenvalue weighted by molar-refractivity contribution is 0.0982. The van der Waals surface area contributed by atoms with E-state index in [0.717, 1.165) is 28.1 Å². The molecule has 0 unspecified atom stereocenters. The molecule has 5 aromatic heterocycles. The summed E-state index contributed by atoms with van der Waals surface area (Å²) in [6.45, 7) is 4.65. The van der Waals surface area contributed by atoms with Crippen LogP contribution >= 0.6 is 11.6 Å². The number of halogens is 1. The van der Waals surface area contributed by atoms with E-state index in [1.54, 1.807) is 23.4 Å². The summed E-state index contributed by atoms with van der Waals surface area (Å²) in [6.07, 6.45) is 14.1. The van der Waals surface area contributed by atoms with Gasteiger partial charge in [-0.25, -0.2) is 9.97 Å². The Morgan fingerprint density at radius 3 is 2.85 bits per heavy atom. The minimum atomic E-state index is 0.0331. The third-order valence-electron chi connectivity index (χ3n) is 5.43. The molecular weight excluding hydrogens is 436 g/mol. The van der Waals surface area contributed by atoms with Crippen LogP contribution in [0.2, 0.25) is 5.02 Å². The quantitative estimate of drug-likeness (QED) is 0.317. The van der Waals surface area contributed by atoms with Gasteiger partial charge in [-0.3, -0.25) is 9.48 Å². The Morgan fingerprint density at radius 1 is 1.12 bits per heavy atom. The number of aryl methyl sites for hydroxylation is 1. The van der Waals surface area contributed by atoms with E-state index < -0.39 is 0 Å². The molecule has 0 aliphatic rings. The van der Waals surface area contributed by atoms with Gasteiger partial charge in [-0.1, -0.05) is 23.3 Å². The van der Waals surface area contributed by atoms with Gasteiger partial charge in [-0.2, -0.15) is 5.10 Å². The van der Waals surface area contributed by atoms with Gasteiger partial charge in [0, 0.05) is 36.2 Å². The second-order valence-electron chi connectivity index (χ2n) is 8.36. The predicted octanol–water partition coefficient (Wildman–Crippen LogP) is 5.12. The second kappa shape index (κ2) is 8.67. The zero-order chi connectivity index (χ0) is 22.9. The van der Waals surface area contributed by atoms with Crippen molar-refractivity contribution in [3.05, 3.63) is 94.7 Å². The monoisotopic (exact) mass is 458 g/mol. The fraction of sp³-hybridized carbons (Fsp3) is 0.200. The van der Waals surface area contributed by atoms with Crippen molar-refractivity contribution in [3.63, 3.8) is 0 Å². The molecule has 0 N–H and O–H groups in total. The Bertz CT molecular complexity index is 1500. The zero-order valence-corrected chi connectivity index (χ0v) is 19.2. The summed E-state index contributed by atoms with van der Waals surface area (Å²) in [7, 11) is 0. The van der Waals surface area contributed by atoms with Crippen LogP contribution in [-0.2, 0) is 13.0 Å². The Hall–Kier alpha value is -3.71. The summed E-state index contributed by atoms with van der Waals surface area (Å²) >= 11 is 6.10. The summed E-state index contributed by atoms with van der Waals surface area (Å²) in [4.78, 5) is 21.8. The van der Waals surface area contributed by atoms with Crippen LogP contribution in [-0.4, -0.2) is 34.3 Å². The van der Waals surface area contributed by atoms with Crippen molar-refractivity contribution in [3.8, 4) is 0 Å². The summed E-state index contributed by atoms with van der Waals surface area (Å²) in [5, 5.41) is 5.02. The Kier molecular flexibility index (Phi) is 5.56. The molecule has 7 nitrogen and oxygen atoms in total. The number of Topliss-reactive ketones (excluding diaryl/α,β-unsaturated/α-hetero) is 1. The highest BCUT2D eigenvalue weighted by Crippen LogP contribution is 2.18. The van der Waals surface area contributed by atoms with Crippen LogP contribution in [0.3, 0.4) is 0 Å². The molecule has 8 heteroatoms. The fourth-order valence-corrected chi connectivity index (χ4v) is 4.06. The molecule has 0 atom stereocenters. The van der Waals surface area contributed by atoms with E-state index in [1.807, 2.05) is 39.4 Å². The highest BCUT2D eigenvalue weighted by Gasteiger charge is 2.13. The van der Waals surface area contributed by atoms with Crippen LogP contribution < -0.4 is 0 Å². The number of pyridine rings is 2. The molecular formula is C25H23ClN6O. The third kappa shape index (κ3) is 4.59. The molecule has 0 aliphatic heterocycles. The van der Waals surface area contributed by atoms with Crippen LogP contribution in [0, 0.1) is 0 Å². The van der Waals surface area contributed by atoms with E-state index in [-0.39, 0.29) is 5.78 Å².